The summed E-state index contributed by atoms with van der Waals surface area (Å²) >= 11 is 0. The van der Waals surface area contributed by atoms with Crippen LogP contribution in [0.15, 0.2) is 23.1 Å². The molecule has 0 bridgehead atoms. The van der Waals surface area contributed by atoms with Crippen molar-refractivity contribution >= 4 is 5.69 Å². The molecule has 1 atom stereocenters. The summed E-state index contributed by atoms with van der Waals surface area (Å²) in [6.45, 7) is 2.82. The van der Waals surface area contributed by atoms with Gasteiger partial charge < -0.3 is 14.6 Å². The molecule has 0 spiro atoms. The number of nitrogens with zero attached hydrogens (tertiary/aromatic N) is 1. The largest absolute Gasteiger partial charge is 0.385 e. The highest BCUT2D eigenvalue weighted by Gasteiger charge is 2.01. The first kappa shape index (κ1) is 11.8. The molecule has 1 aromatic heterocycles. The number of pyridine rings is 1. The topological polar surface area (TPSA) is 43.3 Å². The van der Waals surface area contributed by atoms with E-state index in [9.17, 15) is 4.79 Å². The highest BCUT2D eigenvalue weighted by atomic mass is 16.5. The van der Waals surface area contributed by atoms with Gasteiger partial charge >= 0.3 is 0 Å². The summed E-state index contributed by atoms with van der Waals surface area (Å²) in [5, 5.41) is 3.30. The number of methoxy groups -OCH3 is 1. The van der Waals surface area contributed by atoms with Gasteiger partial charge in [-0.2, -0.15) is 0 Å². The predicted octanol–water partition coefficient (Wildman–Crippen LogP) is 1.22. The average Bonchev–Trinajstić information content (AvgIpc) is 2.20. The van der Waals surface area contributed by atoms with E-state index < -0.39 is 0 Å². The van der Waals surface area contributed by atoms with Gasteiger partial charge in [-0.15, -0.1) is 0 Å². The number of ether oxygens (including phenoxy) is 1. The van der Waals surface area contributed by atoms with Crippen molar-refractivity contribution in [2.75, 3.05) is 19.0 Å². The zero-order chi connectivity index (χ0) is 11.3. The van der Waals surface area contributed by atoms with Crippen LogP contribution in [0.25, 0.3) is 0 Å². The second kappa shape index (κ2) is 5.56. The quantitative estimate of drug-likeness (QED) is 0.794. The molecule has 0 fully saturated rings. The van der Waals surface area contributed by atoms with E-state index in [1.54, 1.807) is 37.1 Å². The van der Waals surface area contributed by atoms with Crippen LogP contribution < -0.4 is 10.9 Å². The Hall–Kier alpha value is -1.29. The van der Waals surface area contributed by atoms with E-state index in [0.29, 0.717) is 6.04 Å². The van der Waals surface area contributed by atoms with Crippen molar-refractivity contribution in [2.45, 2.75) is 19.4 Å². The number of hydrogen-bond acceptors (Lipinski definition) is 3. The van der Waals surface area contributed by atoms with Crippen molar-refractivity contribution in [3.63, 3.8) is 0 Å². The SMILES string of the molecule is COCCC(C)Nc1ccc(=O)n(C)c1. The Morgan fingerprint density at radius 1 is 1.53 bits per heavy atom. The molecule has 0 aliphatic rings. The molecule has 0 aliphatic carbocycles. The van der Waals surface area contributed by atoms with Gasteiger partial charge in [0.15, 0.2) is 0 Å². The maximum atomic E-state index is 11.1. The lowest BCUT2D eigenvalue weighted by atomic mass is 10.2. The maximum absolute atomic E-state index is 11.1. The summed E-state index contributed by atoms with van der Waals surface area (Å²) in [4.78, 5) is 11.1. The Bertz CT molecular complexity index is 360. The van der Waals surface area contributed by atoms with Gasteiger partial charge in [-0.1, -0.05) is 0 Å². The van der Waals surface area contributed by atoms with Crippen molar-refractivity contribution in [1.82, 2.24) is 4.57 Å². The van der Waals surface area contributed by atoms with Gasteiger partial charge in [-0.05, 0) is 19.4 Å². The van der Waals surface area contributed by atoms with Crippen LogP contribution in [-0.4, -0.2) is 24.3 Å². The average molecular weight is 210 g/mol. The van der Waals surface area contributed by atoms with Gasteiger partial charge in [0.25, 0.3) is 0 Å². The van der Waals surface area contributed by atoms with Crippen molar-refractivity contribution in [3.8, 4) is 0 Å². The molecule has 1 aromatic rings. The monoisotopic (exact) mass is 210 g/mol. The number of nitrogens with one attached hydrogen (secondary N) is 1. The Morgan fingerprint density at radius 3 is 2.87 bits per heavy atom. The van der Waals surface area contributed by atoms with Crippen molar-refractivity contribution in [3.05, 3.63) is 28.7 Å². The predicted molar refractivity (Wildman–Crippen MR) is 61.3 cm³/mol. The summed E-state index contributed by atoms with van der Waals surface area (Å²) in [5.74, 6) is 0. The molecule has 4 nitrogen and oxygen atoms in total. The highest BCUT2D eigenvalue weighted by Crippen LogP contribution is 2.06. The van der Waals surface area contributed by atoms with E-state index in [2.05, 4.69) is 12.2 Å². The maximum Gasteiger partial charge on any atom is 0.250 e. The van der Waals surface area contributed by atoms with Gasteiger partial charge in [0.2, 0.25) is 5.56 Å². The molecule has 0 saturated heterocycles. The number of anilines is 1. The third-order valence-corrected chi connectivity index (χ3v) is 2.25. The van der Waals surface area contributed by atoms with E-state index in [1.165, 1.54) is 0 Å². The van der Waals surface area contributed by atoms with Crippen LogP contribution in [0.3, 0.4) is 0 Å². The minimum atomic E-state index is 0.00472. The molecular formula is C11H18N2O2. The van der Waals surface area contributed by atoms with Crippen molar-refractivity contribution < 1.29 is 4.74 Å². The van der Waals surface area contributed by atoms with Crippen molar-refractivity contribution in [2.24, 2.45) is 7.05 Å². The molecule has 0 saturated carbocycles. The highest BCUT2D eigenvalue weighted by molar-refractivity contribution is 5.40. The van der Waals surface area contributed by atoms with Gasteiger partial charge in [0.05, 0.1) is 5.69 Å². The number of aryl methyl sites for hydroxylation is 1. The number of aromatic nitrogens is 1. The third kappa shape index (κ3) is 3.75. The molecule has 0 amide bonds. The fraction of sp³-hybridized carbons (Fsp3) is 0.545. The molecule has 1 heterocycles. The minimum absolute atomic E-state index is 0.00472. The summed E-state index contributed by atoms with van der Waals surface area (Å²) in [5.41, 5.74) is 0.964. The fourth-order valence-corrected chi connectivity index (χ4v) is 1.33. The Kier molecular flexibility index (Phi) is 4.37. The fourth-order valence-electron chi connectivity index (χ4n) is 1.33. The van der Waals surface area contributed by atoms with Crippen LogP contribution in [0.5, 0.6) is 0 Å². The Morgan fingerprint density at radius 2 is 2.27 bits per heavy atom. The molecule has 0 radical (unpaired) electrons. The van der Waals surface area contributed by atoms with Crippen LogP contribution in [-0.2, 0) is 11.8 Å². The lowest BCUT2D eigenvalue weighted by molar-refractivity contribution is 0.191. The van der Waals surface area contributed by atoms with Gasteiger partial charge in [0, 0.05) is 39.1 Å². The standard InChI is InChI=1S/C11H18N2O2/c1-9(6-7-15-3)12-10-4-5-11(14)13(2)8-10/h4-5,8-9,12H,6-7H2,1-3H3. The van der Waals surface area contributed by atoms with Crippen LogP contribution in [0.4, 0.5) is 5.69 Å². The van der Waals surface area contributed by atoms with E-state index >= 15 is 0 Å². The summed E-state index contributed by atoms with van der Waals surface area (Å²) in [6, 6.07) is 3.69. The van der Waals surface area contributed by atoms with Crippen LogP contribution in [0.1, 0.15) is 13.3 Å². The molecule has 15 heavy (non-hydrogen) atoms. The third-order valence-electron chi connectivity index (χ3n) is 2.25. The Balaban J connectivity index is 2.57. The van der Waals surface area contributed by atoms with E-state index in [4.69, 9.17) is 4.74 Å². The number of rotatable bonds is 5. The number of hydrogen-bond donors (Lipinski definition) is 1. The lowest BCUT2D eigenvalue weighted by Gasteiger charge is -2.14. The summed E-state index contributed by atoms with van der Waals surface area (Å²) in [7, 11) is 3.44. The molecule has 1 unspecified atom stereocenters. The second-order valence-electron chi connectivity index (χ2n) is 3.69. The molecule has 0 aromatic carbocycles. The normalized spacial score (nSPS) is 12.5. The van der Waals surface area contributed by atoms with E-state index in [1.807, 2.05) is 0 Å². The van der Waals surface area contributed by atoms with Crippen molar-refractivity contribution in [1.29, 1.82) is 0 Å². The van der Waals surface area contributed by atoms with Crippen LogP contribution in [0, 0.1) is 0 Å². The lowest BCUT2D eigenvalue weighted by Crippen LogP contribution is -2.20. The molecule has 1 rings (SSSR count). The molecule has 0 aliphatic heterocycles. The van der Waals surface area contributed by atoms with Gasteiger partial charge in [-0.25, -0.2) is 0 Å². The summed E-state index contributed by atoms with van der Waals surface area (Å²) < 4.78 is 6.56. The zero-order valence-electron chi connectivity index (χ0n) is 9.49. The van der Waals surface area contributed by atoms with Crippen LogP contribution >= 0.6 is 0 Å². The first-order valence-electron chi connectivity index (χ1n) is 5.05. The van der Waals surface area contributed by atoms with Gasteiger partial charge in [0.1, 0.15) is 0 Å². The molecular weight excluding hydrogens is 192 g/mol. The molecule has 84 valence electrons. The first-order valence-corrected chi connectivity index (χ1v) is 5.05. The molecule has 4 heteroatoms. The van der Waals surface area contributed by atoms with E-state index in [0.717, 1.165) is 18.7 Å². The molecule has 1 N–H and O–H groups in total. The van der Waals surface area contributed by atoms with Crippen LogP contribution in [0.2, 0.25) is 0 Å². The second-order valence-corrected chi connectivity index (χ2v) is 3.69. The van der Waals surface area contributed by atoms with Gasteiger partial charge in [-0.3, -0.25) is 4.79 Å². The zero-order valence-corrected chi connectivity index (χ0v) is 9.49. The summed E-state index contributed by atoms with van der Waals surface area (Å²) in [6.07, 6.45) is 2.74. The minimum Gasteiger partial charge on any atom is -0.385 e. The van der Waals surface area contributed by atoms with E-state index in [-0.39, 0.29) is 5.56 Å². The smallest absolute Gasteiger partial charge is 0.250 e. The first-order chi connectivity index (χ1) is 7.13. The Labute approximate surface area is 89.9 Å².